The molecule has 0 radical (unpaired) electrons. The van der Waals surface area contributed by atoms with Gasteiger partial charge in [0.2, 0.25) is 0 Å². The van der Waals surface area contributed by atoms with Crippen LogP contribution in [0.5, 0.6) is 11.5 Å². The summed E-state index contributed by atoms with van der Waals surface area (Å²) < 4.78 is 16.2. The minimum Gasteiger partial charge on any atom is -0.493 e. The van der Waals surface area contributed by atoms with Crippen molar-refractivity contribution < 1.29 is 23.9 Å². The highest BCUT2D eigenvalue weighted by Crippen LogP contribution is 2.27. The summed E-state index contributed by atoms with van der Waals surface area (Å²) in [6.07, 6.45) is 1.58. The maximum Gasteiger partial charge on any atom is 0.271 e. The molecule has 0 atom stereocenters. The number of carbonyl (C=O) groups is 1. The summed E-state index contributed by atoms with van der Waals surface area (Å²) in [5.41, 5.74) is 5.16. The molecule has 2 aromatic carbocycles. The fraction of sp³-hybridized carbons (Fsp3) is 0.364. The van der Waals surface area contributed by atoms with Gasteiger partial charge in [-0.15, -0.1) is 0 Å². The van der Waals surface area contributed by atoms with E-state index in [1.165, 1.54) is 10.5 Å². The third-order valence-corrected chi connectivity index (χ3v) is 4.74. The van der Waals surface area contributed by atoms with E-state index in [1.54, 1.807) is 13.3 Å². The predicted octanol–water partition coefficient (Wildman–Crippen LogP) is 1.27. The van der Waals surface area contributed by atoms with Gasteiger partial charge in [-0.25, -0.2) is 5.43 Å². The Labute approximate surface area is 171 Å². The normalized spacial score (nSPS) is 14.7. The standard InChI is InChI=1S/C22H27N3O4/c1-3-29-21-14-18(6-9-20(21)27-2)15-23-24-22(26)19-7-4-17(5-8-19)16-25-10-12-28-13-11-25/h4-9,14-15H,3,10-13,16H2,1-2H3,(H,24,26)/p+1/b23-15-. The molecule has 154 valence electrons. The summed E-state index contributed by atoms with van der Waals surface area (Å²) in [5.74, 6) is 1.06. The first-order chi connectivity index (χ1) is 14.2. The van der Waals surface area contributed by atoms with Crippen LogP contribution in [0.2, 0.25) is 0 Å². The van der Waals surface area contributed by atoms with Crippen molar-refractivity contribution in [3.05, 3.63) is 59.2 Å². The van der Waals surface area contributed by atoms with Gasteiger partial charge in [-0.2, -0.15) is 5.10 Å². The van der Waals surface area contributed by atoms with Gasteiger partial charge in [-0.1, -0.05) is 12.1 Å². The second-order valence-electron chi connectivity index (χ2n) is 6.78. The molecule has 0 saturated carbocycles. The van der Waals surface area contributed by atoms with Gasteiger partial charge in [0.25, 0.3) is 5.91 Å². The number of methoxy groups -OCH3 is 1. The summed E-state index contributed by atoms with van der Waals surface area (Å²) in [6.45, 7) is 7.07. The van der Waals surface area contributed by atoms with Crippen molar-refractivity contribution in [3.8, 4) is 11.5 Å². The molecule has 1 aliphatic rings. The lowest BCUT2D eigenvalue weighted by atomic mass is 10.1. The molecule has 0 aliphatic carbocycles. The molecule has 2 N–H and O–H groups in total. The van der Waals surface area contributed by atoms with Crippen molar-refractivity contribution >= 4 is 12.1 Å². The van der Waals surface area contributed by atoms with Crippen LogP contribution in [-0.4, -0.2) is 52.1 Å². The summed E-state index contributed by atoms with van der Waals surface area (Å²) >= 11 is 0. The Hall–Kier alpha value is -2.90. The topological polar surface area (TPSA) is 73.6 Å². The number of hydrazone groups is 1. The quantitative estimate of drug-likeness (QED) is 0.519. The first-order valence-electron chi connectivity index (χ1n) is 9.84. The van der Waals surface area contributed by atoms with Crippen LogP contribution in [0, 0.1) is 0 Å². The average Bonchev–Trinajstić information content (AvgIpc) is 2.75. The first-order valence-corrected chi connectivity index (χ1v) is 9.84. The number of rotatable bonds is 8. The number of carbonyl (C=O) groups excluding carboxylic acids is 1. The highest BCUT2D eigenvalue weighted by atomic mass is 16.5. The minimum atomic E-state index is -0.245. The van der Waals surface area contributed by atoms with E-state index in [9.17, 15) is 4.79 Å². The van der Waals surface area contributed by atoms with Gasteiger partial charge < -0.3 is 19.1 Å². The maximum atomic E-state index is 12.3. The number of hydrogen-bond acceptors (Lipinski definition) is 5. The lowest BCUT2D eigenvalue weighted by Crippen LogP contribution is -3.12. The van der Waals surface area contributed by atoms with Crippen molar-refractivity contribution in [2.45, 2.75) is 13.5 Å². The maximum absolute atomic E-state index is 12.3. The summed E-state index contributed by atoms with van der Waals surface area (Å²) in [5, 5.41) is 4.05. The highest BCUT2D eigenvalue weighted by Gasteiger charge is 2.14. The SMILES string of the molecule is CCOc1cc(/C=N\NC(=O)c2ccc(C[NH+]3CCOCC3)cc2)ccc1OC. The number of nitrogens with one attached hydrogen (secondary N) is 2. The molecule has 0 spiro atoms. The molecule has 2 aromatic rings. The van der Waals surface area contributed by atoms with E-state index in [-0.39, 0.29) is 5.91 Å². The van der Waals surface area contributed by atoms with Crippen molar-refractivity contribution in [1.29, 1.82) is 0 Å². The van der Waals surface area contributed by atoms with Crippen molar-refractivity contribution in [1.82, 2.24) is 5.43 Å². The molecule has 1 fully saturated rings. The van der Waals surface area contributed by atoms with Gasteiger partial charge in [0, 0.05) is 11.1 Å². The number of nitrogens with zero attached hydrogens (tertiary/aromatic N) is 1. The van der Waals surface area contributed by atoms with Gasteiger partial charge in [0.15, 0.2) is 11.5 Å². The van der Waals surface area contributed by atoms with Crippen LogP contribution in [0.15, 0.2) is 47.6 Å². The molecule has 7 heteroatoms. The molecule has 1 aliphatic heterocycles. The van der Waals surface area contributed by atoms with E-state index in [4.69, 9.17) is 14.2 Å². The van der Waals surface area contributed by atoms with Crippen LogP contribution >= 0.6 is 0 Å². The third-order valence-electron chi connectivity index (χ3n) is 4.74. The minimum absolute atomic E-state index is 0.245. The number of morpholine rings is 1. The Balaban J connectivity index is 1.55. The number of ether oxygens (including phenoxy) is 3. The molecule has 29 heavy (non-hydrogen) atoms. The zero-order valence-corrected chi connectivity index (χ0v) is 16.9. The molecule has 0 unspecified atom stereocenters. The molecule has 0 bridgehead atoms. The zero-order valence-electron chi connectivity index (χ0n) is 16.9. The van der Waals surface area contributed by atoms with Gasteiger partial charge in [0.1, 0.15) is 19.6 Å². The Morgan fingerprint density at radius 3 is 2.62 bits per heavy atom. The Morgan fingerprint density at radius 1 is 1.17 bits per heavy atom. The summed E-state index contributed by atoms with van der Waals surface area (Å²) in [4.78, 5) is 13.8. The third kappa shape index (κ3) is 6.04. The molecule has 3 rings (SSSR count). The number of amides is 1. The zero-order chi connectivity index (χ0) is 20.5. The van der Waals surface area contributed by atoms with E-state index in [0.717, 1.165) is 38.4 Å². The molecule has 1 saturated heterocycles. The highest BCUT2D eigenvalue weighted by molar-refractivity contribution is 5.94. The van der Waals surface area contributed by atoms with Gasteiger partial charge in [0.05, 0.1) is 33.1 Å². The first kappa shape index (κ1) is 20.8. The van der Waals surface area contributed by atoms with E-state index in [0.29, 0.717) is 23.7 Å². The van der Waals surface area contributed by atoms with Crippen LogP contribution in [0.1, 0.15) is 28.4 Å². The second-order valence-corrected chi connectivity index (χ2v) is 6.78. The molecular formula is C22H28N3O4+. The summed E-state index contributed by atoms with van der Waals surface area (Å²) in [7, 11) is 1.60. The van der Waals surface area contributed by atoms with Crippen LogP contribution in [-0.2, 0) is 11.3 Å². The average molecular weight is 398 g/mol. The lowest BCUT2D eigenvalue weighted by Gasteiger charge is -2.23. The van der Waals surface area contributed by atoms with Crippen LogP contribution in [0.3, 0.4) is 0 Å². The predicted molar refractivity (Wildman–Crippen MR) is 111 cm³/mol. The van der Waals surface area contributed by atoms with Crippen LogP contribution in [0.4, 0.5) is 0 Å². The smallest absolute Gasteiger partial charge is 0.271 e. The van der Waals surface area contributed by atoms with E-state index in [2.05, 4.69) is 10.5 Å². The Kier molecular flexibility index (Phi) is 7.61. The Morgan fingerprint density at radius 2 is 1.93 bits per heavy atom. The van der Waals surface area contributed by atoms with Crippen molar-refractivity contribution in [2.24, 2.45) is 5.10 Å². The van der Waals surface area contributed by atoms with Crippen LogP contribution in [0.25, 0.3) is 0 Å². The molecule has 0 aromatic heterocycles. The summed E-state index contributed by atoms with van der Waals surface area (Å²) in [6, 6.07) is 13.1. The fourth-order valence-electron chi connectivity index (χ4n) is 3.17. The van der Waals surface area contributed by atoms with Gasteiger partial charge in [-0.3, -0.25) is 4.79 Å². The van der Waals surface area contributed by atoms with E-state index < -0.39 is 0 Å². The fourth-order valence-corrected chi connectivity index (χ4v) is 3.17. The molecule has 1 amide bonds. The monoisotopic (exact) mass is 398 g/mol. The number of quaternary nitrogens is 1. The Bertz CT molecular complexity index is 830. The number of hydrogen-bond donors (Lipinski definition) is 2. The van der Waals surface area contributed by atoms with E-state index in [1.807, 2.05) is 49.4 Å². The largest absolute Gasteiger partial charge is 0.493 e. The van der Waals surface area contributed by atoms with Gasteiger partial charge >= 0.3 is 0 Å². The lowest BCUT2D eigenvalue weighted by molar-refractivity contribution is -0.921. The van der Waals surface area contributed by atoms with Crippen LogP contribution < -0.4 is 19.8 Å². The number of benzene rings is 2. The van der Waals surface area contributed by atoms with Gasteiger partial charge in [-0.05, 0) is 42.8 Å². The van der Waals surface area contributed by atoms with E-state index >= 15 is 0 Å². The van der Waals surface area contributed by atoms with Crippen molar-refractivity contribution in [3.63, 3.8) is 0 Å². The molecule has 1 heterocycles. The van der Waals surface area contributed by atoms with Crippen molar-refractivity contribution in [2.75, 3.05) is 40.0 Å². The molecular weight excluding hydrogens is 370 g/mol. The molecule has 7 nitrogen and oxygen atoms in total. The second kappa shape index (κ2) is 10.6.